The number of hydrogen-bond acceptors (Lipinski definition) is 7. The fourth-order valence-electron chi connectivity index (χ4n) is 3.27. The predicted molar refractivity (Wildman–Crippen MR) is 118 cm³/mol. The first kappa shape index (κ1) is 21.8. The summed E-state index contributed by atoms with van der Waals surface area (Å²) in [7, 11) is 1.27. The Bertz CT molecular complexity index is 1140. The van der Waals surface area contributed by atoms with Crippen molar-refractivity contribution in [2.24, 2.45) is 0 Å². The van der Waals surface area contributed by atoms with Crippen LogP contribution in [0.5, 0.6) is 5.75 Å². The SMILES string of the molecule is COC(=O)c1cc(C)nc2nc(SCCOc3ccc(C(C)C)c(C)c3)[nH]c(=O)c12. The van der Waals surface area contributed by atoms with Crippen LogP contribution in [0, 0.1) is 13.8 Å². The molecule has 3 rings (SSSR count). The van der Waals surface area contributed by atoms with E-state index < -0.39 is 11.5 Å². The summed E-state index contributed by atoms with van der Waals surface area (Å²) in [5.74, 6) is 1.29. The number of benzene rings is 1. The Labute approximate surface area is 179 Å². The Morgan fingerprint density at radius 2 is 1.97 bits per heavy atom. The molecular weight excluding hydrogens is 402 g/mol. The third-order valence-corrected chi connectivity index (χ3v) is 5.48. The standard InChI is InChI=1S/C22H25N3O4S/c1-12(2)16-7-6-15(10-13(16)3)29-8-9-30-22-24-19-18(20(26)25-22)17(21(27)28-5)11-14(4)23-19/h6-7,10-12H,8-9H2,1-5H3,(H,23,24,25,26). The molecule has 0 radical (unpaired) electrons. The molecule has 0 aliphatic rings. The second-order valence-electron chi connectivity index (χ2n) is 7.24. The van der Waals surface area contributed by atoms with Crippen LogP contribution in [0.1, 0.15) is 46.9 Å². The van der Waals surface area contributed by atoms with Gasteiger partial charge in [0.25, 0.3) is 5.56 Å². The van der Waals surface area contributed by atoms with Crippen LogP contribution < -0.4 is 10.3 Å². The molecule has 0 saturated heterocycles. The Morgan fingerprint density at radius 1 is 1.20 bits per heavy atom. The lowest BCUT2D eigenvalue weighted by molar-refractivity contribution is 0.0602. The zero-order chi connectivity index (χ0) is 21.8. The number of esters is 1. The summed E-state index contributed by atoms with van der Waals surface area (Å²) in [6, 6.07) is 7.64. The molecule has 2 aromatic heterocycles. The van der Waals surface area contributed by atoms with Gasteiger partial charge in [0, 0.05) is 11.4 Å². The number of aryl methyl sites for hydroxylation is 2. The van der Waals surface area contributed by atoms with Crippen LogP contribution in [0.2, 0.25) is 0 Å². The number of methoxy groups -OCH3 is 1. The fourth-order valence-corrected chi connectivity index (χ4v) is 3.94. The molecular formula is C22H25N3O4S. The molecule has 7 nitrogen and oxygen atoms in total. The molecule has 1 aromatic carbocycles. The molecule has 0 bridgehead atoms. The third-order valence-electron chi connectivity index (χ3n) is 4.64. The minimum absolute atomic E-state index is 0.133. The minimum atomic E-state index is -0.592. The first-order valence-electron chi connectivity index (χ1n) is 9.66. The Morgan fingerprint density at radius 3 is 2.63 bits per heavy atom. The number of carbonyl (C=O) groups is 1. The summed E-state index contributed by atoms with van der Waals surface area (Å²) < 4.78 is 10.6. The van der Waals surface area contributed by atoms with E-state index in [0.717, 1.165) is 5.75 Å². The number of ether oxygens (including phenoxy) is 2. The lowest BCUT2D eigenvalue weighted by Gasteiger charge is -2.12. The molecule has 1 N–H and O–H groups in total. The average molecular weight is 428 g/mol. The molecule has 8 heteroatoms. The van der Waals surface area contributed by atoms with Gasteiger partial charge in [-0.3, -0.25) is 4.79 Å². The van der Waals surface area contributed by atoms with Crippen LogP contribution in [0.3, 0.4) is 0 Å². The van der Waals surface area contributed by atoms with Crippen molar-refractivity contribution in [3.8, 4) is 5.75 Å². The molecule has 0 amide bonds. The average Bonchev–Trinajstić information content (AvgIpc) is 2.69. The van der Waals surface area contributed by atoms with Crippen molar-refractivity contribution < 1.29 is 14.3 Å². The maximum atomic E-state index is 12.5. The highest BCUT2D eigenvalue weighted by Crippen LogP contribution is 2.24. The van der Waals surface area contributed by atoms with Crippen LogP contribution >= 0.6 is 11.8 Å². The maximum absolute atomic E-state index is 12.5. The van der Waals surface area contributed by atoms with Gasteiger partial charge in [-0.2, -0.15) is 0 Å². The number of aromatic amines is 1. The van der Waals surface area contributed by atoms with Crippen molar-refractivity contribution in [1.82, 2.24) is 15.0 Å². The minimum Gasteiger partial charge on any atom is -0.493 e. The molecule has 0 fully saturated rings. The maximum Gasteiger partial charge on any atom is 0.338 e. The normalized spacial score (nSPS) is 11.1. The van der Waals surface area contributed by atoms with Gasteiger partial charge < -0.3 is 14.5 Å². The van der Waals surface area contributed by atoms with Crippen molar-refractivity contribution in [2.75, 3.05) is 19.5 Å². The van der Waals surface area contributed by atoms with Gasteiger partial charge in [-0.1, -0.05) is 31.7 Å². The molecule has 2 heterocycles. The molecule has 0 aliphatic heterocycles. The van der Waals surface area contributed by atoms with Crippen LogP contribution in [-0.2, 0) is 4.74 Å². The number of pyridine rings is 1. The van der Waals surface area contributed by atoms with Crippen LogP contribution in [-0.4, -0.2) is 40.4 Å². The fraction of sp³-hybridized carbons (Fsp3) is 0.364. The van der Waals surface area contributed by atoms with E-state index >= 15 is 0 Å². The number of aromatic nitrogens is 3. The number of fused-ring (bicyclic) bond motifs is 1. The second kappa shape index (κ2) is 9.30. The lowest BCUT2D eigenvalue weighted by Crippen LogP contribution is -2.16. The zero-order valence-corrected chi connectivity index (χ0v) is 18.6. The molecule has 0 atom stereocenters. The first-order valence-corrected chi connectivity index (χ1v) is 10.6. The predicted octanol–water partition coefficient (Wildman–Crippen LogP) is 4.02. The Balaban J connectivity index is 1.70. The van der Waals surface area contributed by atoms with Crippen molar-refractivity contribution in [2.45, 2.75) is 38.8 Å². The van der Waals surface area contributed by atoms with E-state index in [1.807, 2.05) is 12.1 Å². The van der Waals surface area contributed by atoms with E-state index in [1.165, 1.54) is 36.1 Å². The Kier molecular flexibility index (Phi) is 6.77. The summed E-state index contributed by atoms with van der Waals surface area (Å²) >= 11 is 1.36. The molecule has 0 unspecified atom stereocenters. The van der Waals surface area contributed by atoms with Gasteiger partial charge in [-0.15, -0.1) is 0 Å². The van der Waals surface area contributed by atoms with Crippen molar-refractivity contribution in [1.29, 1.82) is 0 Å². The summed E-state index contributed by atoms with van der Waals surface area (Å²) in [6.07, 6.45) is 0. The monoisotopic (exact) mass is 427 g/mol. The second-order valence-corrected chi connectivity index (χ2v) is 8.33. The number of nitrogens with zero attached hydrogens (tertiary/aromatic N) is 2. The van der Waals surface area contributed by atoms with Gasteiger partial charge >= 0.3 is 5.97 Å². The summed E-state index contributed by atoms with van der Waals surface area (Å²) in [4.78, 5) is 35.9. The largest absolute Gasteiger partial charge is 0.493 e. The number of hydrogen-bond donors (Lipinski definition) is 1. The van der Waals surface area contributed by atoms with E-state index in [1.54, 1.807) is 6.92 Å². The van der Waals surface area contributed by atoms with E-state index in [9.17, 15) is 9.59 Å². The van der Waals surface area contributed by atoms with Crippen molar-refractivity contribution in [3.63, 3.8) is 0 Å². The van der Waals surface area contributed by atoms with Crippen LogP contribution in [0.25, 0.3) is 11.0 Å². The number of rotatable bonds is 7. The van der Waals surface area contributed by atoms with Crippen molar-refractivity contribution in [3.05, 3.63) is 57.0 Å². The smallest absolute Gasteiger partial charge is 0.338 e. The highest BCUT2D eigenvalue weighted by atomic mass is 32.2. The summed E-state index contributed by atoms with van der Waals surface area (Å²) in [6.45, 7) is 8.62. The highest BCUT2D eigenvalue weighted by molar-refractivity contribution is 7.99. The number of thioether (sulfide) groups is 1. The number of carbonyl (C=O) groups excluding carboxylic acids is 1. The van der Waals surface area contributed by atoms with Crippen LogP contribution in [0.4, 0.5) is 0 Å². The summed E-state index contributed by atoms with van der Waals surface area (Å²) in [5, 5.41) is 0.560. The summed E-state index contributed by atoms with van der Waals surface area (Å²) in [5.41, 5.74) is 3.07. The van der Waals surface area contributed by atoms with Crippen LogP contribution in [0.15, 0.2) is 34.2 Å². The quantitative estimate of drug-likeness (QED) is 0.263. The van der Waals surface area contributed by atoms with Gasteiger partial charge in [-0.25, -0.2) is 14.8 Å². The molecule has 3 aromatic rings. The van der Waals surface area contributed by atoms with E-state index in [2.05, 4.69) is 41.8 Å². The highest BCUT2D eigenvalue weighted by Gasteiger charge is 2.17. The topological polar surface area (TPSA) is 94.2 Å². The molecule has 0 saturated carbocycles. The zero-order valence-electron chi connectivity index (χ0n) is 17.7. The number of H-pyrrole nitrogens is 1. The third kappa shape index (κ3) is 4.81. The van der Waals surface area contributed by atoms with Gasteiger partial charge in [0.2, 0.25) is 0 Å². The lowest BCUT2D eigenvalue weighted by atomic mass is 9.98. The molecule has 0 aliphatic carbocycles. The van der Waals surface area contributed by atoms with Gasteiger partial charge in [0.15, 0.2) is 10.8 Å². The van der Waals surface area contributed by atoms with E-state index in [0.29, 0.717) is 29.1 Å². The van der Waals surface area contributed by atoms with E-state index in [4.69, 9.17) is 9.47 Å². The van der Waals surface area contributed by atoms with E-state index in [-0.39, 0.29) is 16.6 Å². The molecule has 30 heavy (non-hydrogen) atoms. The Hall–Kier alpha value is -2.87. The number of nitrogens with one attached hydrogen (secondary N) is 1. The van der Waals surface area contributed by atoms with Gasteiger partial charge in [0.05, 0.1) is 24.7 Å². The first-order chi connectivity index (χ1) is 14.3. The van der Waals surface area contributed by atoms with Gasteiger partial charge in [-0.05, 0) is 49.1 Å². The molecule has 0 spiro atoms. The van der Waals surface area contributed by atoms with Gasteiger partial charge in [0.1, 0.15) is 5.75 Å². The van der Waals surface area contributed by atoms with Crippen molar-refractivity contribution >= 4 is 28.8 Å². The molecule has 158 valence electrons.